The summed E-state index contributed by atoms with van der Waals surface area (Å²) in [6.07, 6.45) is 2.32. The van der Waals surface area contributed by atoms with E-state index in [-0.39, 0.29) is 17.3 Å². The van der Waals surface area contributed by atoms with Gasteiger partial charge in [0.2, 0.25) is 15.9 Å². The van der Waals surface area contributed by atoms with Crippen LogP contribution in [0.15, 0.2) is 41.3 Å². The zero-order valence-electron chi connectivity index (χ0n) is 19.6. The van der Waals surface area contributed by atoms with E-state index in [0.717, 1.165) is 0 Å². The van der Waals surface area contributed by atoms with Gasteiger partial charge in [-0.2, -0.15) is 0 Å². The Balaban J connectivity index is 1.38. The summed E-state index contributed by atoms with van der Waals surface area (Å²) in [5.74, 6) is 2.10. The van der Waals surface area contributed by atoms with E-state index in [1.807, 2.05) is 13.8 Å². The molecule has 0 saturated heterocycles. The molecule has 0 spiro atoms. The Hall–Kier alpha value is -2.98. The molecule has 3 rings (SSSR count). The first kappa shape index (κ1) is 25.6. The van der Waals surface area contributed by atoms with Gasteiger partial charge in [0, 0.05) is 30.8 Å². The summed E-state index contributed by atoms with van der Waals surface area (Å²) >= 11 is 0. The third-order valence-corrected chi connectivity index (χ3v) is 6.48. The number of carbonyl (C=O) groups excluding carboxylic acids is 1. The van der Waals surface area contributed by atoms with Crippen molar-refractivity contribution in [1.29, 1.82) is 0 Å². The van der Waals surface area contributed by atoms with Crippen LogP contribution in [0.25, 0.3) is 0 Å². The summed E-state index contributed by atoms with van der Waals surface area (Å²) in [5, 5.41) is 2.86. The van der Waals surface area contributed by atoms with E-state index in [1.54, 1.807) is 24.3 Å². The molecule has 10 heteroatoms. The maximum Gasteiger partial charge on any atom is 0.240 e. The van der Waals surface area contributed by atoms with Crippen LogP contribution in [-0.4, -0.2) is 47.3 Å². The lowest BCUT2D eigenvalue weighted by atomic mass is 10.2. The summed E-state index contributed by atoms with van der Waals surface area (Å²) in [4.78, 5) is 12.4. The van der Waals surface area contributed by atoms with Crippen LogP contribution in [0, 0.1) is 0 Å². The van der Waals surface area contributed by atoms with Crippen LogP contribution < -0.4 is 29.0 Å². The van der Waals surface area contributed by atoms with Crippen molar-refractivity contribution in [1.82, 2.24) is 4.72 Å². The highest BCUT2D eigenvalue weighted by molar-refractivity contribution is 7.89. The molecule has 0 saturated carbocycles. The van der Waals surface area contributed by atoms with Gasteiger partial charge in [0.25, 0.3) is 0 Å². The van der Waals surface area contributed by atoms with Gasteiger partial charge in [-0.1, -0.05) is 6.42 Å². The minimum Gasteiger partial charge on any atom is -0.490 e. The average Bonchev–Trinajstić information content (AvgIpc) is 2.83. The fourth-order valence-electron chi connectivity index (χ4n) is 3.42. The molecule has 34 heavy (non-hydrogen) atoms. The molecule has 1 amide bonds. The van der Waals surface area contributed by atoms with Crippen LogP contribution >= 0.6 is 0 Å². The van der Waals surface area contributed by atoms with Gasteiger partial charge in [-0.3, -0.25) is 4.79 Å². The van der Waals surface area contributed by atoms with Crippen LogP contribution in [0.5, 0.6) is 23.0 Å². The van der Waals surface area contributed by atoms with Gasteiger partial charge in [-0.25, -0.2) is 13.1 Å². The molecule has 1 heterocycles. The number of rotatable bonds is 13. The van der Waals surface area contributed by atoms with Crippen LogP contribution in [-0.2, 0) is 14.8 Å². The van der Waals surface area contributed by atoms with Gasteiger partial charge < -0.3 is 24.3 Å². The van der Waals surface area contributed by atoms with Gasteiger partial charge >= 0.3 is 0 Å². The van der Waals surface area contributed by atoms with E-state index in [0.29, 0.717) is 80.8 Å². The lowest BCUT2D eigenvalue weighted by Crippen LogP contribution is -2.25. The van der Waals surface area contributed by atoms with E-state index in [2.05, 4.69) is 10.0 Å². The number of benzene rings is 2. The summed E-state index contributed by atoms with van der Waals surface area (Å²) in [6, 6.07) is 9.87. The Morgan fingerprint density at radius 2 is 1.65 bits per heavy atom. The first-order valence-corrected chi connectivity index (χ1v) is 13.0. The molecule has 0 fully saturated rings. The molecule has 0 radical (unpaired) electrons. The third kappa shape index (κ3) is 7.26. The van der Waals surface area contributed by atoms with Crippen molar-refractivity contribution in [3.8, 4) is 23.0 Å². The molecular formula is C24H32N2O7S. The molecule has 0 aliphatic carbocycles. The fraction of sp³-hybridized carbons (Fsp3) is 0.458. The first-order valence-electron chi connectivity index (χ1n) is 11.5. The van der Waals surface area contributed by atoms with Crippen LogP contribution in [0.3, 0.4) is 0 Å². The molecule has 2 aromatic rings. The number of hydrogen-bond donors (Lipinski definition) is 2. The average molecular weight is 493 g/mol. The van der Waals surface area contributed by atoms with Gasteiger partial charge in [-0.05, 0) is 51.0 Å². The zero-order chi connectivity index (χ0) is 24.4. The molecule has 1 aliphatic rings. The molecule has 2 N–H and O–H groups in total. The monoisotopic (exact) mass is 492 g/mol. The van der Waals surface area contributed by atoms with Crippen molar-refractivity contribution in [2.75, 3.05) is 38.3 Å². The van der Waals surface area contributed by atoms with Gasteiger partial charge in [0.1, 0.15) is 13.2 Å². The number of hydrogen-bond acceptors (Lipinski definition) is 7. The minimum absolute atomic E-state index is 0.108. The number of nitrogens with one attached hydrogen (secondary N) is 2. The van der Waals surface area contributed by atoms with E-state index in [4.69, 9.17) is 18.9 Å². The van der Waals surface area contributed by atoms with Crippen LogP contribution in [0.4, 0.5) is 5.69 Å². The summed E-state index contributed by atoms with van der Waals surface area (Å²) in [7, 11) is -3.64. The standard InChI is InChI=1S/C24H32N2O7S/c1-3-30-20-11-9-18(16-22(20)31-4-2)26-24(27)8-6-5-7-13-25-34(28,29)19-10-12-21-23(17-19)33-15-14-32-21/h9-12,16-17,25H,3-8,13-15H2,1-2H3,(H,26,27). The lowest BCUT2D eigenvalue weighted by Gasteiger charge is -2.18. The van der Waals surface area contributed by atoms with Crippen molar-refractivity contribution in [2.24, 2.45) is 0 Å². The molecule has 1 aliphatic heterocycles. The van der Waals surface area contributed by atoms with E-state index in [1.165, 1.54) is 12.1 Å². The Morgan fingerprint density at radius 3 is 2.41 bits per heavy atom. The Kier molecular flexibility index (Phi) is 9.41. The number of amides is 1. The number of fused-ring (bicyclic) bond motifs is 1. The molecule has 2 aromatic carbocycles. The summed E-state index contributed by atoms with van der Waals surface area (Å²) in [6.45, 7) is 5.93. The van der Waals surface area contributed by atoms with E-state index >= 15 is 0 Å². The minimum atomic E-state index is -3.64. The second-order valence-corrected chi connectivity index (χ2v) is 9.36. The number of ether oxygens (including phenoxy) is 4. The highest BCUT2D eigenvalue weighted by atomic mass is 32.2. The predicted octanol–water partition coefficient (Wildman–Crippen LogP) is 3.73. The van der Waals surface area contributed by atoms with Gasteiger partial charge in [0.15, 0.2) is 23.0 Å². The SMILES string of the molecule is CCOc1ccc(NC(=O)CCCCCNS(=O)(=O)c2ccc3c(c2)OCCO3)cc1OCC. The van der Waals surface area contributed by atoms with Crippen LogP contribution in [0.1, 0.15) is 39.5 Å². The number of unbranched alkanes of at least 4 members (excludes halogenated alkanes) is 2. The van der Waals surface area contributed by atoms with Crippen molar-refractivity contribution >= 4 is 21.6 Å². The molecule has 9 nitrogen and oxygen atoms in total. The van der Waals surface area contributed by atoms with Crippen molar-refractivity contribution in [3.05, 3.63) is 36.4 Å². The molecule has 0 unspecified atom stereocenters. The first-order chi connectivity index (χ1) is 16.4. The molecular weight excluding hydrogens is 460 g/mol. The quantitative estimate of drug-likeness (QED) is 0.410. The van der Waals surface area contributed by atoms with Crippen LogP contribution in [0.2, 0.25) is 0 Å². The Morgan fingerprint density at radius 1 is 0.912 bits per heavy atom. The predicted molar refractivity (Wildman–Crippen MR) is 128 cm³/mol. The zero-order valence-corrected chi connectivity index (χ0v) is 20.4. The molecule has 0 bridgehead atoms. The third-order valence-electron chi connectivity index (χ3n) is 5.02. The second kappa shape index (κ2) is 12.5. The fourth-order valence-corrected chi connectivity index (χ4v) is 4.51. The van der Waals surface area contributed by atoms with Gasteiger partial charge in [0.05, 0.1) is 18.1 Å². The van der Waals surface area contributed by atoms with Gasteiger partial charge in [-0.15, -0.1) is 0 Å². The topological polar surface area (TPSA) is 112 Å². The van der Waals surface area contributed by atoms with Crippen molar-refractivity contribution in [2.45, 2.75) is 44.4 Å². The highest BCUT2D eigenvalue weighted by Crippen LogP contribution is 2.32. The van der Waals surface area contributed by atoms with Crippen molar-refractivity contribution in [3.63, 3.8) is 0 Å². The second-order valence-electron chi connectivity index (χ2n) is 7.59. The number of carbonyl (C=O) groups is 1. The van der Waals surface area contributed by atoms with Crippen molar-refractivity contribution < 1.29 is 32.2 Å². The summed E-state index contributed by atoms with van der Waals surface area (Å²) < 4.78 is 49.6. The van der Waals surface area contributed by atoms with E-state index < -0.39 is 10.0 Å². The lowest BCUT2D eigenvalue weighted by molar-refractivity contribution is -0.116. The Labute approximate surface area is 200 Å². The largest absolute Gasteiger partial charge is 0.490 e. The Bertz CT molecular complexity index is 1070. The molecule has 0 aromatic heterocycles. The normalized spacial score (nSPS) is 12.8. The molecule has 0 atom stereocenters. The summed E-state index contributed by atoms with van der Waals surface area (Å²) in [5.41, 5.74) is 0.643. The van der Waals surface area contributed by atoms with E-state index in [9.17, 15) is 13.2 Å². The maximum absolute atomic E-state index is 12.5. The smallest absolute Gasteiger partial charge is 0.240 e. The maximum atomic E-state index is 12.5. The number of sulfonamides is 1. The number of anilines is 1. The molecule has 186 valence electrons. The highest BCUT2D eigenvalue weighted by Gasteiger charge is 2.19.